The van der Waals surface area contributed by atoms with E-state index in [2.05, 4.69) is 26.5 Å². The number of rotatable bonds is 6. The van der Waals surface area contributed by atoms with Crippen molar-refractivity contribution in [2.75, 3.05) is 12.4 Å². The van der Waals surface area contributed by atoms with Crippen LogP contribution in [-0.2, 0) is 9.53 Å². The fourth-order valence-electron chi connectivity index (χ4n) is 0.742. The molecule has 1 unspecified atom stereocenters. The van der Waals surface area contributed by atoms with Crippen LogP contribution in [0.1, 0.15) is 33.1 Å². The van der Waals surface area contributed by atoms with Crippen LogP contribution in [0.15, 0.2) is 0 Å². The van der Waals surface area contributed by atoms with E-state index < -0.39 is 0 Å². The highest BCUT2D eigenvalue weighted by atomic mass is 32.1. The molecule has 0 aromatic carbocycles. The molecule has 0 aromatic rings. The second-order valence-corrected chi connectivity index (χ2v) is 3.44. The predicted octanol–water partition coefficient (Wildman–Crippen LogP) is 2.29. The van der Waals surface area contributed by atoms with Gasteiger partial charge in [-0.05, 0) is 12.3 Å². The van der Waals surface area contributed by atoms with Crippen LogP contribution in [0.5, 0.6) is 0 Å². The third kappa shape index (κ3) is 6.53. The molecule has 0 amide bonds. The second-order valence-electron chi connectivity index (χ2n) is 3.00. The van der Waals surface area contributed by atoms with E-state index >= 15 is 0 Å². The lowest BCUT2D eigenvalue weighted by Crippen LogP contribution is -2.08. The number of esters is 1. The van der Waals surface area contributed by atoms with Gasteiger partial charge in [-0.3, -0.25) is 4.79 Å². The Kier molecular flexibility index (Phi) is 7.36. The van der Waals surface area contributed by atoms with Crippen molar-refractivity contribution < 1.29 is 9.53 Å². The van der Waals surface area contributed by atoms with Crippen molar-refractivity contribution in [1.29, 1.82) is 0 Å². The van der Waals surface area contributed by atoms with Crippen LogP contribution < -0.4 is 0 Å². The van der Waals surface area contributed by atoms with Crippen molar-refractivity contribution in [2.24, 2.45) is 5.92 Å². The first-order valence-corrected chi connectivity index (χ1v) is 5.10. The molecular weight excluding hydrogens is 172 g/mol. The van der Waals surface area contributed by atoms with Crippen LogP contribution in [-0.4, -0.2) is 18.3 Å². The Morgan fingerprint density at radius 3 is 2.75 bits per heavy atom. The van der Waals surface area contributed by atoms with Crippen LogP contribution >= 0.6 is 12.6 Å². The number of ether oxygens (including phenoxy) is 1. The molecule has 0 aliphatic carbocycles. The first-order chi connectivity index (χ1) is 5.70. The summed E-state index contributed by atoms with van der Waals surface area (Å²) in [5.74, 6) is 1.09. The Balaban J connectivity index is 3.24. The predicted molar refractivity (Wildman–Crippen MR) is 53.5 cm³/mol. The highest BCUT2D eigenvalue weighted by Gasteiger charge is 2.02. The number of hydrogen-bond acceptors (Lipinski definition) is 3. The van der Waals surface area contributed by atoms with E-state index in [-0.39, 0.29) is 5.97 Å². The lowest BCUT2D eigenvalue weighted by atomic mass is 10.1. The first kappa shape index (κ1) is 11.8. The summed E-state index contributed by atoms with van der Waals surface area (Å²) in [6.45, 7) is 4.86. The minimum Gasteiger partial charge on any atom is -0.466 e. The quantitative estimate of drug-likeness (QED) is 0.514. The van der Waals surface area contributed by atoms with Gasteiger partial charge in [0, 0.05) is 5.75 Å². The lowest BCUT2D eigenvalue weighted by Gasteiger charge is -2.08. The van der Waals surface area contributed by atoms with Gasteiger partial charge in [0.2, 0.25) is 0 Å². The van der Waals surface area contributed by atoms with Crippen LogP contribution in [0.3, 0.4) is 0 Å². The van der Waals surface area contributed by atoms with Crippen LogP contribution in [0.4, 0.5) is 0 Å². The number of hydrogen-bond donors (Lipinski definition) is 1. The molecule has 0 aliphatic rings. The summed E-state index contributed by atoms with van der Waals surface area (Å²) in [6, 6.07) is 0. The minimum absolute atomic E-state index is 0.131. The molecule has 2 nitrogen and oxygen atoms in total. The summed E-state index contributed by atoms with van der Waals surface area (Å²) in [6.07, 6.45) is 2.53. The number of carbonyl (C=O) groups excluding carboxylic acids is 1. The van der Waals surface area contributed by atoms with Crippen LogP contribution in [0, 0.1) is 5.92 Å². The molecule has 0 heterocycles. The Morgan fingerprint density at radius 1 is 1.58 bits per heavy atom. The van der Waals surface area contributed by atoms with Crippen molar-refractivity contribution in [3.05, 3.63) is 0 Å². The van der Waals surface area contributed by atoms with Gasteiger partial charge in [-0.2, -0.15) is 12.6 Å². The van der Waals surface area contributed by atoms with Gasteiger partial charge in [0.15, 0.2) is 0 Å². The van der Waals surface area contributed by atoms with E-state index in [0.29, 0.717) is 24.7 Å². The van der Waals surface area contributed by atoms with E-state index in [0.717, 1.165) is 12.8 Å². The topological polar surface area (TPSA) is 26.3 Å². The fourth-order valence-corrected chi connectivity index (χ4v) is 0.924. The van der Waals surface area contributed by atoms with Crippen LogP contribution in [0.25, 0.3) is 0 Å². The van der Waals surface area contributed by atoms with E-state index in [1.54, 1.807) is 0 Å². The molecule has 72 valence electrons. The summed E-state index contributed by atoms with van der Waals surface area (Å²) in [5.41, 5.74) is 0. The zero-order valence-corrected chi connectivity index (χ0v) is 8.77. The summed E-state index contributed by atoms with van der Waals surface area (Å²) >= 11 is 3.94. The minimum atomic E-state index is -0.131. The summed E-state index contributed by atoms with van der Waals surface area (Å²) in [5, 5.41) is 0. The molecule has 3 heteroatoms. The fraction of sp³-hybridized carbons (Fsp3) is 0.889. The molecule has 0 fully saturated rings. The molecule has 12 heavy (non-hydrogen) atoms. The largest absolute Gasteiger partial charge is 0.466 e. The highest BCUT2D eigenvalue weighted by Crippen LogP contribution is 2.06. The van der Waals surface area contributed by atoms with Gasteiger partial charge in [0.05, 0.1) is 13.0 Å². The molecular formula is C9H18O2S. The van der Waals surface area contributed by atoms with Gasteiger partial charge in [-0.15, -0.1) is 0 Å². The Bertz CT molecular complexity index is 126. The maximum absolute atomic E-state index is 10.8. The summed E-state index contributed by atoms with van der Waals surface area (Å²) in [4.78, 5) is 10.8. The molecule has 0 rings (SSSR count). The monoisotopic (exact) mass is 190 g/mol. The normalized spacial score (nSPS) is 12.6. The van der Waals surface area contributed by atoms with Gasteiger partial charge < -0.3 is 4.74 Å². The zero-order valence-electron chi connectivity index (χ0n) is 7.88. The summed E-state index contributed by atoms with van der Waals surface area (Å²) < 4.78 is 4.97. The van der Waals surface area contributed by atoms with E-state index in [1.165, 1.54) is 0 Å². The third-order valence-corrected chi connectivity index (χ3v) is 2.11. The maximum Gasteiger partial charge on any atom is 0.306 e. The number of carbonyl (C=O) groups is 1. The van der Waals surface area contributed by atoms with Crippen molar-refractivity contribution in [3.63, 3.8) is 0 Å². The Morgan fingerprint density at radius 2 is 2.25 bits per heavy atom. The van der Waals surface area contributed by atoms with Crippen molar-refractivity contribution >= 4 is 18.6 Å². The average molecular weight is 190 g/mol. The molecule has 0 saturated carbocycles. The lowest BCUT2D eigenvalue weighted by molar-refractivity contribution is -0.143. The molecule has 0 radical (unpaired) electrons. The van der Waals surface area contributed by atoms with Crippen molar-refractivity contribution in [1.82, 2.24) is 0 Å². The van der Waals surface area contributed by atoms with Crippen molar-refractivity contribution in [3.8, 4) is 0 Å². The SMILES string of the molecule is CCC(C)CCOC(=O)CCS. The van der Waals surface area contributed by atoms with Gasteiger partial charge >= 0.3 is 5.97 Å². The van der Waals surface area contributed by atoms with Gasteiger partial charge in [0.1, 0.15) is 0 Å². The first-order valence-electron chi connectivity index (χ1n) is 4.47. The van der Waals surface area contributed by atoms with Gasteiger partial charge in [0.25, 0.3) is 0 Å². The molecule has 1 atom stereocenters. The standard InChI is InChI=1S/C9H18O2S/c1-3-8(2)4-6-11-9(10)5-7-12/h8,12H,3-7H2,1-2H3. The molecule has 0 bridgehead atoms. The van der Waals surface area contributed by atoms with E-state index in [9.17, 15) is 4.79 Å². The molecule has 0 aliphatic heterocycles. The third-order valence-electron chi connectivity index (χ3n) is 1.89. The van der Waals surface area contributed by atoms with Crippen LogP contribution in [0.2, 0.25) is 0 Å². The van der Waals surface area contributed by atoms with E-state index in [4.69, 9.17) is 4.74 Å². The Labute approximate surface area is 80.1 Å². The Hall–Kier alpha value is -0.180. The zero-order chi connectivity index (χ0) is 9.40. The average Bonchev–Trinajstić information content (AvgIpc) is 2.04. The molecule has 0 spiro atoms. The molecule has 0 aromatic heterocycles. The maximum atomic E-state index is 10.8. The van der Waals surface area contributed by atoms with Crippen molar-refractivity contribution in [2.45, 2.75) is 33.1 Å². The number of thiol groups is 1. The molecule has 0 N–H and O–H groups in total. The molecule has 0 saturated heterocycles. The van der Waals surface area contributed by atoms with Gasteiger partial charge in [-0.1, -0.05) is 20.3 Å². The smallest absolute Gasteiger partial charge is 0.306 e. The van der Waals surface area contributed by atoms with Gasteiger partial charge in [-0.25, -0.2) is 0 Å². The second kappa shape index (κ2) is 7.47. The highest BCUT2D eigenvalue weighted by molar-refractivity contribution is 7.80. The van der Waals surface area contributed by atoms with E-state index in [1.807, 2.05) is 0 Å². The summed E-state index contributed by atoms with van der Waals surface area (Å²) in [7, 11) is 0.